The zero-order valence-electron chi connectivity index (χ0n) is 10.5. The quantitative estimate of drug-likeness (QED) is 0.822. The van der Waals surface area contributed by atoms with Crippen LogP contribution in [0.3, 0.4) is 0 Å². The van der Waals surface area contributed by atoms with Crippen molar-refractivity contribution in [2.45, 2.75) is 18.9 Å². The van der Waals surface area contributed by atoms with Gasteiger partial charge in [-0.15, -0.1) is 0 Å². The first-order valence-corrected chi connectivity index (χ1v) is 6.34. The zero-order chi connectivity index (χ0) is 12.3. The molecule has 1 saturated heterocycles. The van der Waals surface area contributed by atoms with Gasteiger partial charge in [-0.25, -0.2) is 0 Å². The second-order valence-electron chi connectivity index (χ2n) is 5.01. The lowest BCUT2D eigenvalue weighted by atomic mass is 9.98. The van der Waals surface area contributed by atoms with Gasteiger partial charge in [0.1, 0.15) is 0 Å². The van der Waals surface area contributed by atoms with Gasteiger partial charge >= 0.3 is 0 Å². The normalized spacial score (nSPS) is 25.4. The molecule has 3 nitrogen and oxygen atoms in total. The van der Waals surface area contributed by atoms with Crippen molar-refractivity contribution in [2.75, 3.05) is 26.7 Å². The monoisotopic (exact) mass is 234 g/mol. The van der Waals surface area contributed by atoms with E-state index in [0.717, 1.165) is 25.9 Å². The van der Waals surface area contributed by atoms with E-state index in [0.29, 0.717) is 12.0 Å². The third kappa shape index (κ3) is 2.86. The predicted molar refractivity (Wildman–Crippen MR) is 69.8 cm³/mol. The van der Waals surface area contributed by atoms with E-state index < -0.39 is 0 Å². The van der Waals surface area contributed by atoms with E-state index in [4.69, 9.17) is 10.8 Å². The van der Waals surface area contributed by atoms with Gasteiger partial charge in [0, 0.05) is 19.2 Å². The molecule has 1 aromatic carbocycles. The summed E-state index contributed by atoms with van der Waals surface area (Å²) in [6, 6.07) is 9.12. The molecule has 1 heterocycles. The molecule has 2 unspecified atom stereocenters. The van der Waals surface area contributed by atoms with Crippen LogP contribution in [-0.4, -0.2) is 36.8 Å². The van der Waals surface area contributed by atoms with Gasteiger partial charge < -0.3 is 10.8 Å². The number of aliphatic hydroxyl groups excluding tert-OH is 1. The number of hydrogen-bond acceptors (Lipinski definition) is 3. The summed E-state index contributed by atoms with van der Waals surface area (Å²) in [5, 5.41) is 8.89. The van der Waals surface area contributed by atoms with Crippen molar-refractivity contribution in [1.82, 2.24) is 4.90 Å². The minimum atomic E-state index is 0.220. The molecule has 1 aliphatic heterocycles. The molecule has 3 N–H and O–H groups in total. The number of hydrogen-bond donors (Lipinski definition) is 2. The van der Waals surface area contributed by atoms with Gasteiger partial charge in [-0.1, -0.05) is 24.3 Å². The fourth-order valence-electron chi connectivity index (χ4n) is 2.70. The lowest BCUT2D eigenvalue weighted by Crippen LogP contribution is -2.20. The molecule has 0 saturated carbocycles. The summed E-state index contributed by atoms with van der Waals surface area (Å²) in [5.74, 6) is 0.627. The van der Waals surface area contributed by atoms with Crippen LogP contribution in [-0.2, 0) is 6.42 Å². The van der Waals surface area contributed by atoms with Crippen molar-refractivity contribution in [3.8, 4) is 0 Å². The third-order valence-electron chi connectivity index (χ3n) is 3.73. The van der Waals surface area contributed by atoms with Crippen LogP contribution in [0.15, 0.2) is 24.3 Å². The molecule has 1 aliphatic rings. The average Bonchev–Trinajstić information content (AvgIpc) is 2.72. The fourth-order valence-corrected chi connectivity index (χ4v) is 2.70. The Bertz CT molecular complexity index is 350. The van der Waals surface area contributed by atoms with E-state index in [2.05, 4.69) is 36.2 Å². The van der Waals surface area contributed by atoms with Crippen LogP contribution in [0.25, 0.3) is 0 Å². The average molecular weight is 234 g/mol. The molecule has 94 valence electrons. The number of aliphatic hydroxyl groups is 1. The number of likely N-dealkylation sites (tertiary alicyclic amines) is 1. The van der Waals surface area contributed by atoms with Gasteiger partial charge in [-0.3, -0.25) is 4.90 Å². The molecule has 0 aliphatic carbocycles. The highest BCUT2D eigenvalue weighted by molar-refractivity contribution is 5.26. The van der Waals surface area contributed by atoms with Crippen LogP contribution in [0.5, 0.6) is 0 Å². The Morgan fingerprint density at radius 2 is 2.06 bits per heavy atom. The summed E-state index contributed by atoms with van der Waals surface area (Å²) >= 11 is 0. The highest BCUT2D eigenvalue weighted by Crippen LogP contribution is 2.33. The van der Waals surface area contributed by atoms with Crippen LogP contribution in [0.4, 0.5) is 0 Å². The maximum Gasteiger partial charge on any atom is 0.0471 e. The molecule has 1 aromatic rings. The topological polar surface area (TPSA) is 49.5 Å². The molecule has 17 heavy (non-hydrogen) atoms. The summed E-state index contributed by atoms with van der Waals surface area (Å²) in [4.78, 5) is 2.39. The number of nitrogens with zero attached hydrogens (tertiary/aromatic N) is 1. The summed E-state index contributed by atoms with van der Waals surface area (Å²) in [7, 11) is 2.17. The van der Waals surface area contributed by atoms with Crippen molar-refractivity contribution in [3.05, 3.63) is 35.4 Å². The first-order chi connectivity index (χ1) is 8.24. The van der Waals surface area contributed by atoms with Crippen molar-refractivity contribution in [2.24, 2.45) is 11.7 Å². The Morgan fingerprint density at radius 1 is 1.35 bits per heavy atom. The van der Waals surface area contributed by atoms with Crippen molar-refractivity contribution >= 4 is 0 Å². The molecule has 3 heteroatoms. The smallest absolute Gasteiger partial charge is 0.0471 e. The highest BCUT2D eigenvalue weighted by Gasteiger charge is 2.29. The second-order valence-corrected chi connectivity index (χ2v) is 5.01. The molecule has 0 aromatic heterocycles. The van der Waals surface area contributed by atoms with E-state index in [9.17, 15) is 0 Å². The Balaban J connectivity index is 2.07. The van der Waals surface area contributed by atoms with E-state index >= 15 is 0 Å². The largest absolute Gasteiger partial charge is 0.396 e. The van der Waals surface area contributed by atoms with Crippen LogP contribution < -0.4 is 5.73 Å². The van der Waals surface area contributed by atoms with Gasteiger partial charge in [0.15, 0.2) is 0 Å². The van der Waals surface area contributed by atoms with Crippen LogP contribution in [0.1, 0.15) is 23.6 Å². The highest BCUT2D eigenvalue weighted by atomic mass is 16.2. The Kier molecular flexibility index (Phi) is 4.15. The molecule has 0 amide bonds. The summed E-state index contributed by atoms with van der Waals surface area (Å²) < 4.78 is 0. The Morgan fingerprint density at radius 3 is 2.59 bits per heavy atom. The molecule has 0 bridgehead atoms. The van der Waals surface area contributed by atoms with Crippen LogP contribution >= 0.6 is 0 Å². The van der Waals surface area contributed by atoms with Crippen LogP contribution in [0, 0.1) is 5.92 Å². The number of benzene rings is 1. The van der Waals surface area contributed by atoms with Crippen LogP contribution in [0.2, 0.25) is 0 Å². The number of rotatable bonds is 4. The van der Waals surface area contributed by atoms with Gasteiger partial charge in [0.05, 0.1) is 0 Å². The minimum Gasteiger partial charge on any atom is -0.396 e. The second kappa shape index (κ2) is 5.63. The lowest BCUT2D eigenvalue weighted by Gasteiger charge is -2.19. The SMILES string of the molecule is CN1CC(CN)CC1c1ccc(CCO)cc1. The molecule has 0 spiro atoms. The number of nitrogens with two attached hydrogens (primary N) is 1. The van der Waals surface area contributed by atoms with E-state index in [1.807, 2.05) is 0 Å². The summed E-state index contributed by atoms with van der Waals surface area (Å²) in [6.07, 6.45) is 1.90. The zero-order valence-corrected chi connectivity index (χ0v) is 10.5. The molecule has 1 fully saturated rings. The minimum absolute atomic E-state index is 0.220. The lowest BCUT2D eigenvalue weighted by molar-refractivity contribution is 0.299. The van der Waals surface area contributed by atoms with E-state index in [-0.39, 0.29) is 6.61 Å². The van der Waals surface area contributed by atoms with E-state index in [1.165, 1.54) is 11.1 Å². The Labute approximate surface area is 103 Å². The molecule has 2 rings (SSSR count). The van der Waals surface area contributed by atoms with Gasteiger partial charge in [-0.2, -0.15) is 0 Å². The van der Waals surface area contributed by atoms with Crippen molar-refractivity contribution in [3.63, 3.8) is 0 Å². The molecular formula is C14H22N2O. The van der Waals surface area contributed by atoms with Crippen molar-refractivity contribution < 1.29 is 5.11 Å². The van der Waals surface area contributed by atoms with Gasteiger partial charge in [0.2, 0.25) is 0 Å². The first-order valence-electron chi connectivity index (χ1n) is 6.34. The predicted octanol–water partition coefficient (Wildman–Crippen LogP) is 1.17. The maximum absolute atomic E-state index is 8.89. The van der Waals surface area contributed by atoms with Gasteiger partial charge in [0.25, 0.3) is 0 Å². The summed E-state index contributed by atoms with van der Waals surface area (Å²) in [6.45, 7) is 2.10. The Hall–Kier alpha value is -0.900. The standard InChI is InChI=1S/C14H22N2O/c1-16-10-12(9-15)8-14(16)13-4-2-11(3-5-13)6-7-17/h2-5,12,14,17H,6-10,15H2,1H3. The fraction of sp³-hybridized carbons (Fsp3) is 0.571. The maximum atomic E-state index is 8.89. The summed E-state index contributed by atoms with van der Waals surface area (Å²) in [5.41, 5.74) is 8.31. The van der Waals surface area contributed by atoms with Crippen molar-refractivity contribution in [1.29, 1.82) is 0 Å². The molecule has 2 atom stereocenters. The molecular weight excluding hydrogens is 212 g/mol. The molecule has 0 radical (unpaired) electrons. The first kappa shape index (κ1) is 12.6. The third-order valence-corrected chi connectivity index (χ3v) is 3.73. The van der Waals surface area contributed by atoms with Gasteiger partial charge in [-0.05, 0) is 43.5 Å². The van der Waals surface area contributed by atoms with E-state index in [1.54, 1.807) is 0 Å².